The average Bonchev–Trinajstić information content (AvgIpc) is 1.58. The van der Waals surface area contributed by atoms with Gasteiger partial charge in [-0.25, -0.2) is 0 Å². The summed E-state index contributed by atoms with van der Waals surface area (Å²) < 4.78 is 11.5. The number of rotatable bonds is 9. The van der Waals surface area contributed by atoms with Crippen LogP contribution in [0.25, 0.3) is 155 Å². The van der Waals surface area contributed by atoms with Gasteiger partial charge in [0.05, 0.1) is 22.1 Å². The largest absolute Gasteiger partial charge is 0.456 e. The van der Waals surface area contributed by atoms with Gasteiger partial charge in [-0.15, -0.1) is 13.2 Å². The fourth-order valence-electron chi connectivity index (χ4n) is 12.7. The molecule has 0 spiro atoms. The highest BCUT2D eigenvalue weighted by Gasteiger charge is 2.20. The third-order valence-corrected chi connectivity index (χ3v) is 17.0. The first-order chi connectivity index (χ1) is 46.3. The summed E-state index contributed by atoms with van der Waals surface area (Å²) in [6.07, 6.45) is 18.3. The molecule has 17 rings (SSSR count). The molecule has 0 aliphatic heterocycles. The van der Waals surface area contributed by atoms with Crippen LogP contribution in [0.1, 0.15) is 19.4 Å². The van der Waals surface area contributed by atoms with Gasteiger partial charge in [-0.2, -0.15) is 0 Å². The van der Waals surface area contributed by atoms with Gasteiger partial charge in [0, 0.05) is 110 Å². The molecular weight excluding hydrogens is 1140 g/mol. The second kappa shape index (κ2) is 26.6. The van der Waals surface area contributed by atoms with Crippen LogP contribution in [0.4, 0.5) is 0 Å². The van der Waals surface area contributed by atoms with Crippen LogP contribution in [0.3, 0.4) is 0 Å². The van der Waals surface area contributed by atoms with Gasteiger partial charge in [-0.1, -0.05) is 146 Å². The Morgan fingerprint density at radius 1 is 0.277 bits per heavy atom. The number of aromatic nitrogens is 6. The van der Waals surface area contributed by atoms with Crippen molar-refractivity contribution in [3.8, 4) is 89.3 Å². The van der Waals surface area contributed by atoms with Crippen molar-refractivity contribution in [2.24, 2.45) is 0 Å². The maximum atomic E-state index is 6.70. The molecule has 0 saturated carbocycles. The minimum absolute atomic E-state index is 0.839. The summed E-state index contributed by atoms with van der Waals surface area (Å²) in [6.45, 7) is 12.5. The van der Waals surface area contributed by atoms with Gasteiger partial charge in [0.15, 0.2) is 0 Å². The number of benzene rings is 10. The van der Waals surface area contributed by atoms with Crippen molar-refractivity contribution in [3.05, 3.63) is 341 Å². The molecule has 0 N–H and O–H groups in total. The molecule has 94 heavy (non-hydrogen) atoms. The Morgan fingerprint density at radius 2 is 0.574 bits per heavy atom. The van der Waals surface area contributed by atoms with Gasteiger partial charge in [-0.3, -0.25) is 19.9 Å². The van der Waals surface area contributed by atoms with E-state index in [1.165, 1.54) is 38.2 Å². The Bertz CT molecular complexity index is 5410. The van der Waals surface area contributed by atoms with Gasteiger partial charge >= 0.3 is 0 Å². The van der Waals surface area contributed by atoms with E-state index in [0.29, 0.717) is 0 Å². The van der Waals surface area contributed by atoms with Crippen LogP contribution in [0.2, 0.25) is 0 Å². The summed E-state index contributed by atoms with van der Waals surface area (Å²) in [5.41, 5.74) is 25.4. The van der Waals surface area contributed by atoms with E-state index in [1.54, 1.807) is 18.3 Å². The monoisotopic (exact) mass is 1210 g/mol. The Hall–Kier alpha value is -12.3. The number of furan rings is 1. The summed E-state index contributed by atoms with van der Waals surface area (Å²) in [5.74, 6) is 0. The molecule has 7 heterocycles. The molecule has 0 amide bonds. The molecule has 0 radical (unpaired) electrons. The van der Waals surface area contributed by atoms with Crippen LogP contribution in [0.5, 0.6) is 0 Å². The Balaban J connectivity index is 0.000000536. The van der Waals surface area contributed by atoms with Gasteiger partial charge < -0.3 is 13.6 Å². The van der Waals surface area contributed by atoms with E-state index in [-0.39, 0.29) is 0 Å². The number of hydrogen-bond donors (Lipinski definition) is 0. The molecule has 7 heteroatoms. The van der Waals surface area contributed by atoms with E-state index in [0.717, 1.165) is 122 Å². The third-order valence-electron chi connectivity index (χ3n) is 17.0. The molecule has 0 unspecified atom stereocenters. The van der Waals surface area contributed by atoms with Crippen LogP contribution < -0.4 is 0 Å². The lowest BCUT2D eigenvalue weighted by Gasteiger charge is -2.10. The topological polar surface area (TPSA) is 74.6 Å². The zero-order chi connectivity index (χ0) is 63.9. The van der Waals surface area contributed by atoms with E-state index >= 15 is 0 Å². The first-order valence-corrected chi connectivity index (χ1v) is 31.6. The van der Waals surface area contributed by atoms with E-state index in [1.807, 2.05) is 94.5 Å². The zero-order valence-electron chi connectivity index (χ0n) is 52.6. The number of fused-ring (bicyclic) bond motifs is 9. The molecule has 450 valence electrons. The Morgan fingerprint density at radius 3 is 0.883 bits per heavy atom. The molecule has 0 atom stereocenters. The quantitative estimate of drug-likeness (QED) is 0.135. The van der Waals surface area contributed by atoms with Crippen molar-refractivity contribution in [1.82, 2.24) is 29.1 Å². The molecule has 0 aliphatic rings. The first kappa shape index (κ1) is 59.3. The molecule has 10 aromatic carbocycles. The van der Waals surface area contributed by atoms with Crippen molar-refractivity contribution >= 4 is 65.6 Å². The lowest BCUT2D eigenvalue weighted by Crippen LogP contribution is -1.94. The minimum Gasteiger partial charge on any atom is -0.456 e. The second-order valence-electron chi connectivity index (χ2n) is 23.2. The van der Waals surface area contributed by atoms with Crippen LogP contribution >= 0.6 is 0 Å². The summed E-state index contributed by atoms with van der Waals surface area (Å²) in [6, 6.07) is 94.1. The smallest absolute Gasteiger partial charge is 0.135 e. The number of nitrogens with zero attached hydrogens (tertiary/aromatic N) is 6. The van der Waals surface area contributed by atoms with Crippen molar-refractivity contribution in [2.45, 2.75) is 20.8 Å². The summed E-state index contributed by atoms with van der Waals surface area (Å²) in [5, 5.41) is 6.82. The standard InChI is InChI=1S/C75H47N5O.C6H7N.2C3H6/c1-2-10-48(11-3-1)55-21-27-70-64(39-55)65-40-56(49-12-4-15-52(36-49)59-18-7-33-76-45-59)22-28-71(65)79(70)62-25-31-74-68(43-62)69-44-63(26-32-75(69)81-74)80-72-29-23-57(50-13-5-16-53(37-50)60-19-8-34-77-46-60)41-66(72)67-42-58(24-30-73(67)80)51-14-6-17-54(38-51)61-20-9-35-78-47-61;1-6-3-2-4-7-5-6;2*1-3-2/h1-47H;2-5H,1H3;2*3H,1H2,2H3. The number of pyridine rings is 4. The zero-order valence-corrected chi connectivity index (χ0v) is 52.6. The maximum absolute atomic E-state index is 6.70. The fraction of sp³-hybridized carbons (Fsp3) is 0.0345. The molecule has 0 saturated heterocycles. The molecule has 17 aromatic rings. The second-order valence-corrected chi connectivity index (χ2v) is 23.2. The number of allylic oxidation sites excluding steroid dienone is 2. The third kappa shape index (κ3) is 11.9. The molecular formula is C87H66N6O. The first-order valence-electron chi connectivity index (χ1n) is 31.6. The van der Waals surface area contributed by atoms with Crippen molar-refractivity contribution in [3.63, 3.8) is 0 Å². The Kier molecular flexibility index (Phi) is 16.8. The fourth-order valence-corrected chi connectivity index (χ4v) is 12.7. The molecule has 7 aromatic heterocycles. The molecule has 0 fully saturated rings. The average molecular weight is 1210 g/mol. The normalized spacial score (nSPS) is 11.0. The minimum atomic E-state index is 0.839. The lowest BCUT2D eigenvalue weighted by atomic mass is 9.97. The van der Waals surface area contributed by atoms with E-state index in [4.69, 9.17) is 4.42 Å². The van der Waals surface area contributed by atoms with E-state index in [9.17, 15) is 0 Å². The summed E-state index contributed by atoms with van der Waals surface area (Å²) in [4.78, 5) is 17.1. The number of hydrogen-bond acceptors (Lipinski definition) is 5. The molecule has 0 aliphatic carbocycles. The SMILES string of the molecule is C=CC.C=CC.Cc1cccnc1.c1ccc(-c2ccc3c(c2)c2cc(-c4cccc(-c5cccnc5)c4)ccc2n3-c2ccc3oc4ccc(-n5c6ccc(-c7cccc(-c8cccnc8)c7)cc6c6cc(-c7cccc(-c8cccnc8)c7)ccc65)cc4c3c2)cc1. The van der Waals surface area contributed by atoms with Crippen molar-refractivity contribution in [1.29, 1.82) is 0 Å². The summed E-state index contributed by atoms with van der Waals surface area (Å²) in [7, 11) is 0. The van der Waals surface area contributed by atoms with Crippen LogP contribution in [-0.2, 0) is 0 Å². The maximum Gasteiger partial charge on any atom is 0.135 e. The van der Waals surface area contributed by atoms with Crippen LogP contribution in [0, 0.1) is 6.92 Å². The number of aryl methyl sites for hydroxylation is 1. The van der Waals surface area contributed by atoms with Gasteiger partial charge in [-0.05, 0) is 215 Å². The van der Waals surface area contributed by atoms with Gasteiger partial charge in [0.2, 0.25) is 0 Å². The van der Waals surface area contributed by atoms with Crippen LogP contribution in [-0.4, -0.2) is 29.1 Å². The van der Waals surface area contributed by atoms with Gasteiger partial charge in [0.1, 0.15) is 11.2 Å². The van der Waals surface area contributed by atoms with Crippen molar-refractivity contribution < 1.29 is 4.42 Å². The predicted molar refractivity (Wildman–Crippen MR) is 395 cm³/mol. The van der Waals surface area contributed by atoms with Crippen LogP contribution in [0.15, 0.2) is 340 Å². The molecule has 7 nitrogen and oxygen atoms in total. The Labute approximate surface area is 547 Å². The lowest BCUT2D eigenvalue weighted by molar-refractivity contribution is 0.669. The highest BCUT2D eigenvalue weighted by atomic mass is 16.3. The predicted octanol–water partition coefficient (Wildman–Crippen LogP) is 23.4. The molecule has 0 bridgehead atoms. The van der Waals surface area contributed by atoms with Gasteiger partial charge in [0.25, 0.3) is 0 Å². The highest BCUT2D eigenvalue weighted by molar-refractivity contribution is 6.14. The highest BCUT2D eigenvalue weighted by Crippen LogP contribution is 2.43. The van der Waals surface area contributed by atoms with E-state index in [2.05, 4.69) is 273 Å². The summed E-state index contributed by atoms with van der Waals surface area (Å²) >= 11 is 0. The van der Waals surface area contributed by atoms with E-state index < -0.39 is 0 Å². The van der Waals surface area contributed by atoms with Crippen molar-refractivity contribution in [2.75, 3.05) is 0 Å².